The number of rotatable bonds is 1. The minimum atomic E-state index is -0.549. The lowest BCUT2D eigenvalue weighted by Crippen LogP contribution is -2.02. The molecule has 0 atom stereocenters. The number of phenolic OH excluding ortho intramolecular Hbond substituents is 3. The molecule has 6 heteroatoms. The Balaban J connectivity index is 2.57. The van der Waals surface area contributed by atoms with Crippen LogP contribution in [0, 0.1) is 0 Å². The van der Waals surface area contributed by atoms with Crippen LogP contribution < -0.4 is 10.2 Å². The van der Waals surface area contributed by atoms with Gasteiger partial charge in [0.25, 0.3) is 0 Å². The summed E-state index contributed by atoms with van der Waals surface area (Å²) >= 11 is 0. The van der Waals surface area contributed by atoms with E-state index in [1.165, 1.54) is 25.3 Å². The monoisotopic (exact) mass is 274 g/mol. The molecule has 0 unspecified atom stereocenters. The van der Waals surface area contributed by atoms with E-state index in [0.29, 0.717) is 5.75 Å². The van der Waals surface area contributed by atoms with Gasteiger partial charge >= 0.3 is 0 Å². The molecule has 0 bridgehead atoms. The maximum atomic E-state index is 12.3. The number of aromatic hydroxyl groups is 3. The molecule has 6 nitrogen and oxygen atoms in total. The van der Waals surface area contributed by atoms with Crippen molar-refractivity contribution in [3.63, 3.8) is 0 Å². The Hall–Kier alpha value is -2.89. The van der Waals surface area contributed by atoms with E-state index in [2.05, 4.69) is 0 Å². The van der Waals surface area contributed by atoms with Crippen LogP contribution in [0.4, 0.5) is 0 Å². The number of ether oxygens (including phenoxy) is 1. The number of benzene rings is 2. The normalized spacial score (nSPS) is 11.1. The number of hydrogen-bond acceptors (Lipinski definition) is 6. The van der Waals surface area contributed by atoms with Crippen LogP contribution in [0.3, 0.4) is 0 Å². The molecule has 0 aliphatic heterocycles. The van der Waals surface area contributed by atoms with E-state index in [9.17, 15) is 20.1 Å². The van der Waals surface area contributed by atoms with E-state index in [0.717, 1.165) is 6.07 Å². The van der Waals surface area contributed by atoms with Crippen LogP contribution in [0.15, 0.2) is 33.5 Å². The lowest BCUT2D eigenvalue weighted by Gasteiger charge is -2.07. The van der Waals surface area contributed by atoms with E-state index in [1.54, 1.807) is 0 Å². The second-order valence-corrected chi connectivity index (χ2v) is 4.29. The molecule has 0 amide bonds. The Bertz CT molecular complexity index is 894. The minimum absolute atomic E-state index is 0.0181. The molecule has 0 saturated carbocycles. The van der Waals surface area contributed by atoms with Crippen molar-refractivity contribution in [3.05, 3.63) is 34.5 Å². The van der Waals surface area contributed by atoms with E-state index in [1.807, 2.05) is 0 Å². The van der Waals surface area contributed by atoms with Crippen molar-refractivity contribution in [2.45, 2.75) is 0 Å². The van der Waals surface area contributed by atoms with Crippen LogP contribution in [-0.4, -0.2) is 22.4 Å². The van der Waals surface area contributed by atoms with Gasteiger partial charge in [-0.15, -0.1) is 0 Å². The molecule has 0 aliphatic rings. The average molecular weight is 274 g/mol. The molecule has 102 valence electrons. The predicted octanol–water partition coefficient (Wildman–Crippen LogP) is 2.07. The Morgan fingerprint density at radius 2 is 1.80 bits per heavy atom. The Morgan fingerprint density at radius 1 is 1.05 bits per heavy atom. The summed E-state index contributed by atoms with van der Waals surface area (Å²) in [7, 11) is 1.41. The summed E-state index contributed by atoms with van der Waals surface area (Å²) in [6.45, 7) is 0. The van der Waals surface area contributed by atoms with Crippen molar-refractivity contribution in [1.29, 1.82) is 0 Å². The fourth-order valence-corrected chi connectivity index (χ4v) is 2.12. The van der Waals surface area contributed by atoms with Crippen molar-refractivity contribution in [3.8, 4) is 23.0 Å². The third kappa shape index (κ3) is 1.62. The lowest BCUT2D eigenvalue weighted by molar-refractivity contribution is 0.408. The molecule has 1 heterocycles. The summed E-state index contributed by atoms with van der Waals surface area (Å²) < 4.78 is 10.4. The van der Waals surface area contributed by atoms with Gasteiger partial charge in [0.15, 0.2) is 11.3 Å². The van der Waals surface area contributed by atoms with Crippen LogP contribution in [0.5, 0.6) is 23.0 Å². The first kappa shape index (κ1) is 12.2. The second-order valence-electron chi connectivity index (χ2n) is 4.29. The van der Waals surface area contributed by atoms with Crippen LogP contribution in [0.2, 0.25) is 0 Å². The second kappa shape index (κ2) is 4.06. The summed E-state index contributed by atoms with van der Waals surface area (Å²) in [6, 6.07) is 4.96. The van der Waals surface area contributed by atoms with Crippen molar-refractivity contribution >= 4 is 21.9 Å². The highest BCUT2D eigenvalue weighted by Crippen LogP contribution is 2.34. The molecule has 20 heavy (non-hydrogen) atoms. The smallest absolute Gasteiger partial charge is 0.204 e. The maximum Gasteiger partial charge on any atom is 0.204 e. The summed E-state index contributed by atoms with van der Waals surface area (Å²) in [5.41, 5.74) is -0.527. The predicted molar refractivity (Wildman–Crippen MR) is 71.5 cm³/mol. The molecule has 0 radical (unpaired) electrons. The largest absolute Gasteiger partial charge is 0.508 e. The quantitative estimate of drug-likeness (QED) is 0.587. The first-order valence-corrected chi connectivity index (χ1v) is 5.70. The van der Waals surface area contributed by atoms with Crippen molar-refractivity contribution < 1.29 is 24.5 Å². The van der Waals surface area contributed by atoms with Crippen molar-refractivity contribution in [1.82, 2.24) is 0 Å². The van der Waals surface area contributed by atoms with Gasteiger partial charge in [-0.1, -0.05) is 0 Å². The number of phenols is 3. The molecule has 1 aromatic heterocycles. The Labute approximate surface area is 112 Å². The van der Waals surface area contributed by atoms with E-state index in [-0.39, 0.29) is 39.2 Å². The molecule has 3 rings (SSSR count). The maximum absolute atomic E-state index is 12.3. The summed E-state index contributed by atoms with van der Waals surface area (Å²) in [5.74, 6) is -0.607. The number of fused-ring (bicyclic) bond motifs is 2. The zero-order chi connectivity index (χ0) is 14.4. The third-order valence-electron chi connectivity index (χ3n) is 3.03. The fraction of sp³-hybridized carbons (Fsp3) is 0.0714. The molecule has 0 fully saturated rings. The lowest BCUT2D eigenvalue weighted by atomic mass is 10.1. The van der Waals surface area contributed by atoms with Gasteiger partial charge in [-0.2, -0.15) is 0 Å². The third-order valence-corrected chi connectivity index (χ3v) is 3.03. The van der Waals surface area contributed by atoms with E-state index < -0.39 is 5.43 Å². The minimum Gasteiger partial charge on any atom is -0.508 e. The Morgan fingerprint density at radius 3 is 2.50 bits per heavy atom. The Kier molecular flexibility index (Phi) is 2.47. The van der Waals surface area contributed by atoms with Gasteiger partial charge in [-0.05, 0) is 6.07 Å². The summed E-state index contributed by atoms with van der Waals surface area (Å²) in [4.78, 5) is 12.3. The molecular formula is C14H10O6. The van der Waals surface area contributed by atoms with Gasteiger partial charge in [0.1, 0.15) is 28.2 Å². The summed E-state index contributed by atoms with van der Waals surface area (Å²) in [6.07, 6.45) is 0. The van der Waals surface area contributed by atoms with E-state index >= 15 is 0 Å². The van der Waals surface area contributed by atoms with Gasteiger partial charge < -0.3 is 24.5 Å². The molecule has 0 spiro atoms. The molecule has 0 saturated heterocycles. The fourth-order valence-electron chi connectivity index (χ4n) is 2.12. The van der Waals surface area contributed by atoms with Gasteiger partial charge in [-0.25, -0.2) is 0 Å². The average Bonchev–Trinajstić information content (AvgIpc) is 2.39. The zero-order valence-corrected chi connectivity index (χ0v) is 10.4. The number of methoxy groups -OCH3 is 1. The van der Waals surface area contributed by atoms with E-state index in [4.69, 9.17) is 9.15 Å². The number of hydrogen-bond donors (Lipinski definition) is 3. The standard InChI is InChI=1S/C14H10O6/c1-19-7-4-9(16)12-11(5-7)20-14-8(13(12)18)2-6(15)3-10(14)17/h2-5,15-17H,1H3. The molecule has 3 N–H and O–H groups in total. The van der Waals surface area contributed by atoms with Crippen molar-refractivity contribution in [2.24, 2.45) is 0 Å². The first-order chi connectivity index (χ1) is 9.51. The van der Waals surface area contributed by atoms with Gasteiger partial charge in [0.05, 0.1) is 12.5 Å². The highest BCUT2D eigenvalue weighted by Gasteiger charge is 2.16. The van der Waals surface area contributed by atoms with Gasteiger partial charge in [0, 0.05) is 18.2 Å². The SMILES string of the molecule is COc1cc(O)c2c(=O)c3cc(O)cc(O)c3oc2c1. The van der Waals surface area contributed by atoms with Crippen LogP contribution in [-0.2, 0) is 0 Å². The molecule has 0 aliphatic carbocycles. The van der Waals surface area contributed by atoms with Crippen molar-refractivity contribution in [2.75, 3.05) is 7.11 Å². The molecule has 2 aromatic carbocycles. The van der Waals surface area contributed by atoms with Gasteiger partial charge in [0.2, 0.25) is 5.43 Å². The van der Waals surface area contributed by atoms with Crippen LogP contribution in [0.25, 0.3) is 21.9 Å². The van der Waals surface area contributed by atoms with Crippen LogP contribution in [0.1, 0.15) is 0 Å². The highest BCUT2D eigenvalue weighted by molar-refractivity contribution is 5.96. The topological polar surface area (TPSA) is 100 Å². The molecular weight excluding hydrogens is 264 g/mol. The van der Waals surface area contributed by atoms with Gasteiger partial charge in [-0.3, -0.25) is 4.79 Å². The van der Waals surface area contributed by atoms with Crippen LogP contribution >= 0.6 is 0 Å². The summed E-state index contributed by atoms with van der Waals surface area (Å²) in [5, 5.41) is 29.0. The molecule has 3 aromatic rings. The highest BCUT2D eigenvalue weighted by atomic mass is 16.5. The zero-order valence-electron chi connectivity index (χ0n) is 10.4. The first-order valence-electron chi connectivity index (χ1n) is 5.70.